The van der Waals surface area contributed by atoms with Gasteiger partial charge in [-0.1, -0.05) is 49.3 Å². The molecule has 1 aliphatic rings. The summed E-state index contributed by atoms with van der Waals surface area (Å²) < 4.78 is 5.74. The van der Waals surface area contributed by atoms with Crippen LogP contribution in [0, 0.1) is 0 Å². The monoisotopic (exact) mass is 344 g/mol. The third kappa shape index (κ3) is 7.84. The first kappa shape index (κ1) is 19.7. The molecule has 0 spiro atoms. The van der Waals surface area contributed by atoms with Crippen molar-refractivity contribution in [1.82, 2.24) is 10.6 Å². The van der Waals surface area contributed by atoms with Crippen LogP contribution in [0.1, 0.15) is 50.2 Å². The molecule has 2 atom stereocenters. The summed E-state index contributed by atoms with van der Waals surface area (Å²) in [6.45, 7) is 2.84. The smallest absolute Gasteiger partial charge is 0.246 e. The molecule has 0 saturated heterocycles. The lowest BCUT2D eigenvalue weighted by Crippen LogP contribution is -2.29. The van der Waals surface area contributed by atoms with E-state index >= 15 is 0 Å². The van der Waals surface area contributed by atoms with E-state index in [1.54, 1.807) is 0 Å². The topological polar surface area (TPSA) is 50.4 Å². The Morgan fingerprint density at radius 3 is 2.72 bits per heavy atom. The third-order valence-electron chi connectivity index (χ3n) is 4.69. The molecular formula is C21H32N2O2. The number of carbonyl (C=O) groups is 1. The molecule has 0 aromatic heterocycles. The molecule has 0 radical (unpaired) electrons. The van der Waals surface area contributed by atoms with Crippen molar-refractivity contribution in [3.05, 3.63) is 47.5 Å². The molecule has 1 amide bonds. The zero-order valence-corrected chi connectivity index (χ0v) is 15.6. The Balaban J connectivity index is 1.69. The molecule has 4 heteroatoms. The molecular weight excluding hydrogens is 312 g/mol. The standard InChI is InChI=1S/C21H32N2O2/c1-17(22-2)14-18-10-12-19(13-11-18)15-23-21(24)16-25-20-8-6-4-3-5-7-9-20/h6,8,10-13,17,20,22H,3-5,7,9,14-16H2,1-2H3,(H,23,24)/b8-6-/t17-,20?/m1/s1. The van der Waals surface area contributed by atoms with Crippen LogP contribution in [0.3, 0.4) is 0 Å². The van der Waals surface area contributed by atoms with E-state index in [0.717, 1.165) is 24.8 Å². The van der Waals surface area contributed by atoms with Crippen molar-refractivity contribution in [2.75, 3.05) is 13.7 Å². The van der Waals surface area contributed by atoms with Gasteiger partial charge in [-0.15, -0.1) is 0 Å². The largest absolute Gasteiger partial charge is 0.364 e. The zero-order chi connectivity index (χ0) is 17.9. The summed E-state index contributed by atoms with van der Waals surface area (Å²) in [6, 6.07) is 8.88. The molecule has 2 rings (SSSR count). The number of likely N-dealkylation sites (N-methyl/N-ethyl adjacent to an activating group) is 1. The molecule has 25 heavy (non-hydrogen) atoms. The maximum atomic E-state index is 12.0. The number of rotatable bonds is 8. The van der Waals surface area contributed by atoms with Gasteiger partial charge in [-0.2, -0.15) is 0 Å². The molecule has 4 nitrogen and oxygen atoms in total. The van der Waals surface area contributed by atoms with E-state index < -0.39 is 0 Å². The van der Waals surface area contributed by atoms with E-state index in [1.807, 2.05) is 7.05 Å². The number of ether oxygens (including phenoxy) is 1. The van der Waals surface area contributed by atoms with Crippen molar-refractivity contribution in [3.63, 3.8) is 0 Å². The molecule has 1 unspecified atom stereocenters. The van der Waals surface area contributed by atoms with Crippen LogP contribution in [0.5, 0.6) is 0 Å². The summed E-state index contributed by atoms with van der Waals surface area (Å²) in [5.74, 6) is -0.0525. The highest BCUT2D eigenvalue weighted by Gasteiger charge is 2.10. The fourth-order valence-electron chi connectivity index (χ4n) is 2.95. The normalized spacial score (nSPS) is 20.3. The molecule has 0 aliphatic heterocycles. The van der Waals surface area contributed by atoms with Crippen LogP contribution in [0.25, 0.3) is 0 Å². The lowest BCUT2D eigenvalue weighted by Gasteiger charge is -2.16. The Morgan fingerprint density at radius 2 is 1.96 bits per heavy atom. The lowest BCUT2D eigenvalue weighted by atomic mass is 10.0. The third-order valence-corrected chi connectivity index (χ3v) is 4.69. The van der Waals surface area contributed by atoms with Crippen LogP contribution in [0.15, 0.2) is 36.4 Å². The maximum Gasteiger partial charge on any atom is 0.246 e. The predicted octanol–water partition coefficient (Wildman–Crippen LogP) is 3.36. The van der Waals surface area contributed by atoms with E-state index in [4.69, 9.17) is 4.74 Å². The van der Waals surface area contributed by atoms with Crippen molar-refractivity contribution >= 4 is 5.91 Å². The van der Waals surface area contributed by atoms with Gasteiger partial charge in [0.05, 0.1) is 6.10 Å². The lowest BCUT2D eigenvalue weighted by molar-refractivity contribution is -0.127. The summed E-state index contributed by atoms with van der Waals surface area (Å²) in [6.07, 6.45) is 11.2. The highest BCUT2D eigenvalue weighted by atomic mass is 16.5. The first-order valence-corrected chi connectivity index (χ1v) is 9.47. The number of amides is 1. The van der Waals surface area contributed by atoms with Crippen LogP contribution in [-0.2, 0) is 22.5 Å². The first-order valence-electron chi connectivity index (χ1n) is 9.47. The molecule has 0 fully saturated rings. The Kier molecular flexibility index (Phi) is 8.70. The van der Waals surface area contributed by atoms with Gasteiger partial charge < -0.3 is 15.4 Å². The Hall–Kier alpha value is -1.65. The van der Waals surface area contributed by atoms with Crippen LogP contribution in [0.4, 0.5) is 0 Å². The zero-order valence-electron chi connectivity index (χ0n) is 15.6. The highest BCUT2D eigenvalue weighted by Crippen LogP contribution is 2.14. The molecule has 1 aromatic carbocycles. The van der Waals surface area contributed by atoms with Gasteiger partial charge in [0.25, 0.3) is 0 Å². The number of hydrogen-bond donors (Lipinski definition) is 2. The molecule has 0 bridgehead atoms. The molecule has 1 aromatic rings. The quantitative estimate of drug-likeness (QED) is 0.711. The molecule has 138 valence electrons. The molecule has 0 saturated carbocycles. The Bertz CT molecular complexity index is 539. The van der Waals surface area contributed by atoms with Gasteiger partial charge >= 0.3 is 0 Å². The minimum atomic E-state index is -0.0525. The first-order chi connectivity index (χ1) is 12.2. The molecule has 0 heterocycles. The average Bonchev–Trinajstić information content (AvgIpc) is 2.60. The fraction of sp³-hybridized carbons (Fsp3) is 0.571. The number of carbonyl (C=O) groups excluding carboxylic acids is 1. The van der Waals surface area contributed by atoms with Crippen LogP contribution in [0.2, 0.25) is 0 Å². The Morgan fingerprint density at radius 1 is 1.20 bits per heavy atom. The summed E-state index contributed by atoms with van der Waals surface area (Å²) in [5, 5.41) is 6.18. The van der Waals surface area contributed by atoms with Gasteiger partial charge in [-0.3, -0.25) is 4.79 Å². The van der Waals surface area contributed by atoms with Gasteiger partial charge in [-0.25, -0.2) is 0 Å². The van der Waals surface area contributed by atoms with Gasteiger partial charge in [-0.05, 0) is 50.8 Å². The second kappa shape index (κ2) is 11.1. The van der Waals surface area contributed by atoms with Crippen molar-refractivity contribution in [2.24, 2.45) is 0 Å². The van der Waals surface area contributed by atoms with Crippen molar-refractivity contribution < 1.29 is 9.53 Å². The SMILES string of the molecule is CN[C@H](C)Cc1ccc(CNC(=O)COC2/C=C\CCCCC2)cc1. The summed E-state index contributed by atoms with van der Waals surface area (Å²) >= 11 is 0. The maximum absolute atomic E-state index is 12.0. The second-order valence-corrected chi connectivity index (χ2v) is 6.90. The van der Waals surface area contributed by atoms with Gasteiger partial charge in [0.2, 0.25) is 5.91 Å². The number of nitrogens with one attached hydrogen (secondary N) is 2. The minimum Gasteiger partial charge on any atom is -0.364 e. The van der Waals surface area contributed by atoms with Crippen molar-refractivity contribution in [2.45, 2.75) is 64.1 Å². The highest BCUT2D eigenvalue weighted by molar-refractivity contribution is 5.77. The number of allylic oxidation sites excluding steroid dienone is 1. The van der Waals surface area contributed by atoms with E-state index in [0.29, 0.717) is 12.6 Å². The summed E-state index contributed by atoms with van der Waals surface area (Å²) in [5.41, 5.74) is 2.41. The van der Waals surface area contributed by atoms with E-state index in [9.17, 15) is 4.79 Å². The fourth-order valence-corrected chi connectivity index (χ4v) is 2.95. The summed E-state index contributed by atoms with van der Waals surface area (Å²) in [7, 11) is 1.98. The summed E-state index contributed by atoms with van der Waals surface area (Å²) in [4.78, 5) is 12.0. The van der Waals surface area contributed by atoms with Crippen molar-refractivity contribution in [3.8, 4) is 0 Å². The van der Waals surface area contributed by atoms with Crippen LogP contribution < -0.4 is 10.6 Å². The minimum absolute atomic E-state index is 0.0525. The van der Waals surface area contributed by atoms with Gasteiger partial charge in [0.1, 0.15) is 6.61 Å². The Labute approximate surface area is 152 Å². The van der Waals surface area contributed by atoms with Gasteiger partial charge in [0.15, 0.2) is 0 Å². The average molecular weight is 344 g/mol. The molecule has 1 aliphatic carbocycles. The van der Waals surface area contributed by atoms with E-state index in [1.165, 1.54) is 24.8 Å². The number of hydrogen-bond acceptors (Lipinski definition) is 3. The van der Waals surface area contributed by atoms with Crippen molar-refractivity contribution in [1.29, 1.82) is 0 Å². The van der Waals surface area contributed by atoms with Crippen LogP contribution in [-0.4, -0.2) is 31.7 Å². The van der Waals surface area contributed by atoms with Gasteiger partial charge in [0, 0.05) is 12.6 Å². The van der Waals surface area contributed by atoms with E-state index in [-0.39, 0.29) is 18.6 Å². The van der Waals surface area contributed by atoms with Crippen LogP contribution >= 0.6 is 0 Å². The van der Waals surface area contributed by atoms with E-state index in [2.05, 4.69) is 54.0 Å². The predicted molar refractivity (Wildman–Crippen MR) is 102 cm³/mol. The molecule has 2 N–H and O–H groups in total. The number of benzene rings is 1. The second-order valence-electron chi connectivity index (χ2n) is 6.90.